The zero-order chi connectivity index (χ0) is 20.0. The third-order valence-electron chi connectivity index (χ3n) is 5.07. The monoisotopic (exact) mass is 410 g/mol. The minimum atomic E-state index is -3.85. The van der Waals surface area contributed by atoms with Gasteiger partial charge in [-0.05, 0) is 11.6 Å². The smallest absolute Gasteiger partial charge is 0.266 e. The number of hydrogen-bond donors (Lipinski definition) is 2. The highest BCUT2D eigenvalue weighted by Crippen LogP contribution is 2.42. The Hall–Kier alpha value is -3.24. The number of aromatic amines is 1. The first kappa shape index (κ1) is 17.8. The quantitative estimate of drug-likeness (QED) is 0.523. The van der Waals surface area contributed by atoms with Crippen LogP contribution in [-0.2, 0) is 21.8 Å². The molecular formula is C19H18N6O3S. The fourth-order valence-electron chi connectivity index (χ4n) is 3.59. The molecule has 0 aliphatic carbocycles. The molecule has 1 aliphatic heterocycles. The average molecular weight is 410 g/mol. The number of anilines is 1. The predicted molar refractivity (Wildman–Crippen MR) is 107 cm³/mol. The summed E-state index contributed by atoms with van der Waals surface area (Å²) in [6.45, 7) is 0.679. The van der Waals surface area contributed by atoms with Crippen LogP contribution in [0.3, 0.4) is 0 Å². The molecule has 4 heterocycles. The molecular weight excluding hydrogens is 392 g/mol. The minimum absolute atomic E-state index is 0.0364. The molecule has 0 amide bonds. The molecule has 1 saturated heterocycles. The highest BCUT2D eigenvalue weighted by Gasteiger charge is 2.28. The van der Waals surface area contributed by atoms with Gasteiger partial charge in [0.05, 0.1) is 30.6 Å². The van der Waals surface area contributed by atoms with E-state index in [1.807, 2.05) is 31.3 Å². The number of sulfonamides is 1. The molecule has 2 N–H and O–H groups in total. The fraction of sp³-hybridized carbons (Fsp3) is 0.211. The van der Waals surface area contributed by atoms with Gasteiger partial charge in [0.25, 0.3) is 10.0 Å². The van der Waals surface area contributed by atoms with E-state index >= 15 is 0 Å². The molecule has 0 radical (unpaired) electrons. The normalized spacial score (nSPS) is 16.7. The van der Waals surface area contributed by atoms with Crippen molar-refractivity contribution in [2.45, 2.75) is 17.4 Å². The molecule has 1 aliphatic rings. The number of rotatable bonds is 5. The zero-order valence-corrected chi connectivity index (χ0v) is 16.3. The Morgan fingerprint density at radius 3 is 2.86 bits per heavy atom. The van der Waals surface area contributed by atoms with E-state index in [1.165, 1.54) is 12.4 Å². The number of aromatic nitrogens is 5. The van der Waals surface area contributed by atoms with Gasteiger partial charge in [0, 0.05) is 42.4 Å². The van der Waals surface area contributed by atoms with Crippen LogP contribution < -0.4 is 4.72 Å². The van der Waals surface area contributed by atoms with Crippen LogP contribution in [0.15, 0.2) is 53.9 Å². The minimum Gasteiger partial charge on any atom is -0.373 e. The Morgan fingerprint density at radius 2 is 2.14 bits per heavy atom. The number of fused-ring (bicyclic) bond motifs is 1. The van der Waals surface area contributed by atoms with Gasteiger partial charge in [-0.2, -0.15) is 10.2 Å². The molecule has 148 valence electrons. The van der Waals surface area contributed by atoms with Crippen LogP contribution >= 0.6 is 0 Å². The van der Waals surface area contributed by atoms with Crippen LogP contribution in [0, 0.1) is 0 Å². The van der Waals surface area contributed by atoms with Gasteiger partial charge in [-0.15, -0.1) is 0 Å². The second-order valence-electron chi connectivity index (χ2n) is 6.82. The Kier molecular flexibility index (Phi) is 4.10. The number of hydrogen-bond acceptors (Lipinski definition) is 6. The molecule has 5 rings (SSSR count). The highest BCUT2D eigenvalue weighted by atomic mass is 32.2. The van der Waals surface area contributed by atoms with Crippen molar-refractivity contribution in [2.75, 3.05) is 11.3 Å². The molecule has 9 nitrogen and oxygen atoms in total. The zero-order valence-electron chi connectivity index (χ0n) is 15.5. The van der Waals surface area contributed by atoms with Gasteiger partial charge in [0.1, 0.15) is 10.7 Å². The van der Waals surface area contributed by atoms with E-state index < -0.39 is 10.0 Å². The van der Waals surface area contributed by atoms with Crippen molar-refractivity contribution in [3.05, 3.63) is 54.6 Å². The van der Waals surface area contributed by atoms with Gasteiger partial charge in [-0.3, -0.25) is 14.5 Å². The van der Waals surface area contributed by atoms with Crippen LogP contribution in [0.5, 0.6) is 0 Å². The SMILES string of the molecule is Cn1ncc2cccc(-c3c(C4CCO4)ccnc3NS(=O)(=O)c3cn[nH]c3)c21. The number of H-pyrrole nitrogens is 1. The molecule has 1 aromatic carbocycles. The van der Waals surface area contributed by atoms with Crippen molar-refractivity contribution < 1.29 is 13.2 Å². The number of ether oxygens (including phenoxy) is 1. The molecule has 1 fully saturated rings. The molecule has 3 aromatic heterocycles. The maximum atomic E-state index is 12.8. The first-order chi connectivity index (χ1) is 14.0. The lowest BCUT2D eigenvalue weighted by atomic mass is 9.93. The Morgan fingerprint density at radius 1 is 1.28 bits per heavy atom. The van der Waals surface area contributed by atoms with Crippen molar-refractivity contribution in [2.24, 2.45) is 7.05 Å². The van der Waals surface area contributed by atoms with Crippen molar-refractivity contribution >= 4 is 26.7 Å². The maximum Gasteiger partial charge on any atom is 0.266 e. The van der Waals surface area contributed by atoms with Crippen LogP contribution in [0.4, 0.5) is 5.82 Å². The van der Waals surface area contributed by atoms with Gasteiger partial charge in [-0.25, -0.2) is 13.4 Å². The van der Waals surface area contributed by atoms with E-state index in [2.05, 4.69) is 25.0 Å². The second kappa shape index (κ2) is 6.68. The van der Waals surface area contributed by atoms with E-state index in [0.717, 1.165) is 28.5 Å². The molecule has 10 heteroatoms. The highest BCUT2D eigenvalue weighted by molar-refractivity contribution is 7.92. The fourth-order valence-corrected chi connectivity index (χ4v) is 4.52. The Labute approximate surface area is 166 Å². The molecule has 0 saturated carbocycles. The summed E-state index contributed by atoms with van der Waals surface area (Å²) in [6.07, 6.45) is 6.72. The van der Waals surface area contributed by atoms with E-state index in [-0.39, 0.29) is 16.8 Å². The van der Waals surface area contributed by atoms with Gasteiger partial charge < -0.3 is 4.74 Å². The van der Waals surface area contributed by atoms with Gasteiger partial charge in [0.2, 0.25) is 0 Å². The Balaban J connectivity index is 1.73. The van der Waals surface area contributed by atoms with Crippen molar-refractivity contribution in [1.82, 2.24) is 25.0 Å². The van der Waals surface area contributed by atoms with Crippen LogP contribution in [0.2, 0.25) is 0 Å². The van der Waals surface area contributed by atoms with Gasteiger partial charge in [-0.1, -0.05) is 18.2 Å². The summed E-state index contributed by atoms with van der Waals surface area (Å²) in [5, 5.41) is 11.6. The summed E-state index contributed by atoms with van der Waals surface area (Å²) in [6, 6.07) is 7.71. The lowest BCUT2D eigenvalue weighted by Gasteiger charge is -2.29. The number of para-hydroxylation sites is 1. The van der Waals surface area contributed by atoms with Crippen LogP contribution in [0.1, 0.15) is 18.1 Å². The summed E-state index contributed by atoms with van der Waals surface area (Å²) in [5.41, 5.74) is 3.32. The number of aryl methyl sites for hydroxylation is 1. The van der Waals surface area contributed by atoms with Crippen molar-refractivity contribution in [1.29, 1.82) is 0 Å². The number of benzene rings is 1. The topological polar surface area (TPSA) is 115 Å². The van der Waals surface area contributed by atoms with Gasteiger partial charge in [0.15, 0.2) is 0 Å². The van der Waals surface area contributed by atoms with Gasteiger partial charge >= 0.3 is 0 Å². The summed E-state index contributed by atoms with van der Waals surface area (Å²) in [5.74, 6) is 0.243. The van der Waals surface area contributed by atoms with Crippen molar-refractivity contribution in [3.63, 3.8) is 0 Å². The van der Waals surface area contributed by atoms with E-state index in [4.69, 9.17) is 4.74 Å². The molecule has 29 heavy (non-hydrogen) atoms. The van der Waals surface area contributed by atoms with Crippen molar-refractivity contribution in [3.8, 4) is 11.1 Å². The molecule has 1 atom stereocenters. The van der Waals surface area contributed by atoms with E-state index in [1.54, 1.807) is 17.1 Å². The first-order valence-corrected chi connectivity index (χ1v) is 10.6. The average Bonchev–Trinajstić information content (AvgIpc) is 3.31. The molecule has 1 unspecified atom stereocenters. The molecule has 0 bridgehead atoms. The standard InChI is InChI=1S/C19H18N6O3S/c1-25-18-12(9-23-25)3-2-4-15(18)17-14(16-6-8-28-16)5-7-20-19(17)24-29(26,27)13-10-21-22-11-13/h2-5,7,9-11,16H,6,8H2,1H3,(H,20,24)(H,21,22). The molecule has 0 spiro atoms. The van der Waals surface area contributed by atoms with Crippen LogP contribution in [-0.4, -0.2) is 40.0 Å². The number of nitrogens with zero attached hydrogens (tertiary/aromatic N) is 4. The Bertz CT molecular complexity index is 1290. The third kappa shape index (κ3) is 2.97. The predicted octanol–water partition coefficient (Wildman–Crippen LogP) is 2.62. The molecule has 4 aromatic rings. The second-order valence-corrected chi connectivity index (χ2v) is 8.51. The third-order valence-corrected chi connectivity index (χ3v) is 6.38. The number of nitrogens with one attached hydrogen (secondary N) is 2. The first-order valence-electron chi connectivity index (χ1n) is 9.08. The summed E-state index contributed by atoms with van der Waals surface area (Å²) in [7, 11) is -1.99. The summed E-state index contributed by atoms with van der Waals surface area (Å²) < 4.78 is 35.8. The summed E-state index contributed by atoms with van der Waals surface area (Å²) in [4.78, 5) is 4.40. The largest absolute Gasteiger partial charge is 0.373 e. The number of pyridine rings is 1. The van der Waals surface area contributed by atoms with E-state index in [0.29, 0.717) is 12.2 Å². The lowest BCUT2D eigenvalue weighted by molar-refractivity contribution is -0.0523. The maximum absolute atomic E-state index is 12.8. The van der Waals surface area contributed by atoms with Crippen LogP contribution in [0.25, 0.3) is 22.0 Å². The van der Waals surface area contributed by atoms with E-state index in [9.17, 15) is 8.42 Å². The lowest BCUT2D eigenvalue weighted by Crippen LogP contribution is -2.21. The summed E-state index contributed by atoms with van der Waals surface area (Å²) >= 11 is 0.